The average Bonchev–Trinajstić information content (AvgIpc) is 3.29. The lowest BCUT2D eigenvalue weighted by molar-refractivity contribution is 0.686. The maximum absolute atomic E-state index is 9.21. The van der Waals surface area contributed by atoms with Crippen molar-refractivity contribution in [1.29, 1.82) is 10.5 Å². The Morgan fingerprint density at radius 3 is 2.04 bits per heavy atom. The lowest BCUT2D eigenvalue weighted by Crippen LogP contribution is -2.04. The highest BCUT2D eigenvalue weighted by Crippen LogP contribution is 2.53. The maximum Gasteiger partial charge on any atom is 0.129 e. The first-order valence-corrected chi connectivity index (χ1v) is 9.42. The quantitative estimate of drug-likeness (QED) is 0.392. The second-order valence-electron chi connectivity index (χ2n) is 7.61. The molecule has 128 valence electrons. The van der Waals surface area contributed by atoms with E-state index in [9.17, 15) is 10.5 Å². The van der Waals surface area contributed by atoms with E-state index in [0.717, 1.165) is 24.8 Å². The Kier molecular flexibility index (Phi) is 3.59. The zero-order valence-electron chi connectivity index (χ0n) is 14.9. The van der Waals surface area contributed by atoms with Gasteiger partial charge in [0, 0.05) is 0 Å². The standard InChI is InChI=1S/C25H18N2/c26-14-21(15-27)24-12-18-10-20(24)11-19(18)13-25-22-7-3-1-5-16(22)9-17-6-2-4-8-23(17)25/h1-9,13,18,20H,10-12H2/b19-13+. The molecule has 2 nitrogen and oxygen atoms in total. The Bertz CT molecular complexity index is 1160. The number of nitriles is 2. The van der Waals surface area contributed by atoms with Gasteiger partial charge in [-0.3, -0.25) is 0 Å². The first-order valence-electron chi connectivity index (χ1n) is 9.42. The van der Waals surface area contributed by atoms with Gasteiger partial charge in [-0.1, -0.05) is 60.2 Å². The molecule has 2 saturated carbocycles. The number of nitrogens with zero attached hydrogens (tertiary/aromatic N) is 2. The molecule has 0 radical (unpaired) electrons. The second kappa shape index (κ2) is 6.11. The Hall–Kier alpha value is -3.36. The maximum atomic E-state index is 9.21. The van der Waals surface area contributed by atoms with Gasteiger partial charge in [0.2, 0.25) is 0 Å². The summed E-state index contributed by atoms with van der Waals surface area (Å²) in [5, 5.41) is 23.5. The van der Waals surface area contributed by atoms with E-state index in [-0.39, 0.29) is 0 Å². The van der Waals surface area contributed by atoms with Crippen LogP contribution in [0.15, 0.2) is 71.3 Å². The number of hydrogen-bond donors (Lipinski definition) is 0. The molecule has 0 N–H and O–H groups in total. The molecule has 2 aliphatic carbocycles. The molecule has 2 aliphatic rings. The van der Waals surface area contributed by atoms with Gasteiger partial charge in [-0.2, -0.15) is 10.5 Å². The van der Waals surface area contributed by atoms with Crippen molar-refractivity contribution in [3.8, 4) is 12.1 Å². The molecule has 3 aromatic carbocycles. The molecule has 3 aromatic rings. The monoisotopic (exact) mass is 346 g/mol. The molecule has 0 amide bonds. The van der Waals surface area contributed by atoms with Crippen molar-refractivity contribution in [2.45, 2.75) is 19.3 Å². The van der Waals surface area contributed by atoms with Crippen LogP contribution in [-0.4, -0.2) is 0 Å². The van der Waals surface area contributed by atoms with Crippen molar-refractivity contribution >= 4 is 27.6 Å². The van der Waals surface area contributed by atoms with Gasteiger partial charge in [0.25, 0.3) is 0 Å². The van der Waals surface area contributed by atoms with Crippen LogP contribution in [0.2, 0.25) is 0 Å². The Balaban J connectivity index is 1.65. The van der Waals surface area contributed by atoms with E-state index in [2.05, 4.69) is 72.8 Å². The zero-order valence-corrected chi connectivity index (χ0v) is 14.9. The first-order chi connectivity index (χ1) is 13.3. The predicted octanol–water partition coefficient (Wildman–Crippen LogP) is 6.15. The van der Waals surface area contributed by atoms with Gasteiger partial charge >= 0.3 is 0 Å². The van der Waals surface area contributed by atoms with E-state index >= 15 is 0 Å². The summed E-state index contributed by atoms with van der Waals surface area (Å²) in [4.78, 5) is 0. The average molecular weight is 346 g/mol. The largest absolute Gasteiger partial charge is 0.192 e. The Labute approximate surface area is 158 Å². The molecule has 0 aliphatic heterocycles. The molecule has 2 fully saturated rings. The van der Waals surface area contributed by atoms with E-state index in [0.29, 0.717) is 17.4 Å². The van der Waals surface area contributed by atoms with Gasteiger partial charge in [-0.05, 0) is 69.8 Å². The fourth-order valence-electron chi connectivity index (χ4n) is 4.98. The summed E-state index contributed by atoms with van der Waals surface area (Å²) in [6.45, 7) is 0. The highest BCUT2D eigenvalue weighted by Gasteiger charge is 2.40. The molecule has 27 heavy (non-hydrogen) atoms. The molecular weight excluding hydrogens is 328 g/mol. The third-order valence-corrected chi connectivity index (χ3v) is 6.22. The first kappa shape index (κ1) is 15.9. The van der Waals surface area contributed by atoms with Gasteiger partial charge in [0.1, 0.15) is 17.7 Å². The third-order valence-electron chi connectivity index (χ3n) is 6.22. The van der Waals surface area contributed by atoms with Crippen LogP contribution < -0.4 is 0 Å². The van der Waals surface area contributed by atoms with Crippen molar-refractivity contribution in [3.05, 3.63) is 76.9 Å². The summed E-state index contributed by atoms with van der Waals surface area (Å²) in [6.07, 6.45) is 5.32. The highest BCUT2D eigenvalue weighted by molar-refractivity contribution is 6.06. The third kappa shape index (κ3) is 2.46. The minimum atomic E-state index is 0.345. The molecule has 0 aromatic heterocycles. The van der Waals surface area contributed by atoms with E-state index < -0.39 is 0 Å². The number of hydrogen-bond acceptors (Lipinski definition) is 2. The molecular formula is C25H18N2. The van der Waals surface area contributed by atoms with Gasteiger partial charge in [-0.25, -0.2) is 0 Å². The smallest absolute Gasteiger partial charge is 0.129 e. The highest BCUT2D eigenvalue weighted by atomic mass is 14.4. The van der Waals surface area contributed by atoms with Gasteiger partial charge < -0.3 is 0 Å². The van der Waals surface area contributed by atoms with Crippen molar-refractivity contribution in [3.63, 3.8) is 0 Å². The number of rotatable bonds is 1. The van der Waals surface area contributed by atoms with E-state index in [1.807, 2.05) is 0 Å². The minimum Gasteiger partial charge on any atom is -0.192 e. The van der Waals surface area contributed by atoms with Crippen molar-refractivity contribution < 1.29 is 0 Å². The van der Waals surface area contributed by atoms with E-state index in [1.54, 1.807) is 0 Å². The SMILES string of the molecule is N#CC(C#N)=C1CC2CC1C/C2=C\c1c2ccccc2cc2ccccc12. The van der Waals surface area contributed by atoms with Crippen LogP contribution in [-0.2, 0) is 0 Å². The molecule has 0 saturated heterocycles. The van der Waals surface area contributed by atoms with Crippen molar-refractivity contribution in [1.82, 2.24) is 0 Å². The summed E-state index contributed by atoms with van der Waals surface area (Å²) in [6, 6.07) is 23.6. The van der Waals surface area contributed by atoms with Crippen LogP contribution in [0.5, 0.6) is 0 Å². The minimum absolute atomic E-state index is 0.345. The van der Waals surface area contributed by atoms with Gasteiger partial charge in [0.05, 0.1) is 0 Å². The molecule has 5 rings (SSSR count). The Morgan fingerprint density at radius 1 is 0.852 bits per heavy atom. The number of fused-ring (bicyclic) bond motifs is 4. The summed E-state index contributed by atoms with van der Waals surface area (Å²) in [5.74, 6) is 0.844. The molecule has 0 heterocycles. The van der Waals surface area contributed by atoms with Crippen molar-refractivity contribution in [2.24, 2.45) is 11.8 Å². The zero-order chi connectivity index (χ0) is 18.4. The van der Waals surface area contributed by atoms with Crippen LogP contribution in [0.25, 0.3) is 27.6 Å². The molecule has 2 heteroatoms. The summed E-state index contributed by atoms with van der Waals surface area (Å²) in [7, 11) is 0. The molecule has 2 unspecified atom stereocenters. The summed E-state index contributed by atoms with van der Waals surface area (Å²) >= 11 is 0. The fourth-order valence-corrected chi connectivity index (χ4v) is 4.98. The molecule has 0 spiro atoms. The molecule has 2 bridgehead atoms. The topological polar surface area (TPSA) is 47.6 Å². The van der Waals surface area contributed by atoms with Crippen LogP contribution >= 0.6 is 0 Å². The second-order valence-corrected chi connectivity index (χ2v) is 7.61. The lowest BCUT2D eigenvalue weighted by Gasteiger charge is -2.18. The van der Waals surface area contributed by atoms with Crippen LogP contribution in [0, 0.1) is 34.5 Å². The summed E-state index contributed by atoms with van der Waals surface area (Å²) < 4.78 is 0. The van der Waals surface area contributed by atoms with Crippen LogP contribution in [0.3, 0.4) is 0 Å². The predicted molar refractivity (Wildman–Crippen MR) is 109 cm³/mol. The fraction of sp³-hybridized carbons (Fsp3) is 0.200. The van der Waals surface area contributed by atoms with Crippen molar-refractivity contribution in [2.75, 3.05) is 0 Å². The molecule has 2 atom stereocenters. The van der Waals surface area contributed by atoms with Crippen LogP contribution in [0.1, 0.15) is 24.8 Å². The normalized spacial score (nSPS) is 22.3. The van der Waals surface area contributed by atoms with E-state index in [1.165, 1.54) is 32.7 Å². The lowest BCUT2D eigenvalue weighted by atomic mass is 9.86. The number of benzene rings is 3. The van der Waals surface area contributed by atoms with Crippen LogP contribution in [0.4, 0.5) is 0 Å². The van der Waals surface area contributed by atoms with E-state index in [4.69, 9.17) is 0 Å². The summed E-state index contributed by atoms with van der Waals surface area (Å²) in [5.41, 5.74) is 4.21. The van der Waals surface area contributed by atoms with Gasteiger partial charge in [-0.15, -0.1) is 0 Å². The Morgan fingerprint density at radius 2 is 1.48 bits per heavy atom. The number of allylic oxidation sites excluding steroid dienone is 3. The van der Waals surface area contributed by atoms with Gasteiger partial charge in [0.15, 0.2) is 0 Å².